The summed E-state index contributed by atoms with van der Waals surface area (Å²) in [5.41, 5.74) is 0.531. The Bertz CT molecular complexity index is 966. The number of fused-ring (bicyclic) bond motifs is 1. The lowest BCUT2D eigenvalue weighted by Gasteiger charge is -2.44. The second-order valence-corrected chi connectivity index (χ2v) is 7.30. The van der Waals surface area contributed by atoms with Crippen molar-refractivity contribution in [1.29, 1.82) is 0 Å². The van der Waals surface area contributed by atoms with Crippen LogP contribution in [-0.4, -0.2) is 26.9 Å². The molecule has 4 rings (SSSR count). The third-order valence-corrected chi connectivity index (χ3v) is 5.88. The average molecular weight is 373 g/mol. The van der Waals surface area contributed by atoms with Gasteiger partial charge < -0.3 is 4.90 Å². The minimum absolute atomic E-state index is 0.0578. The smallest absolute Gasteiger partial charge is 0.256 e. The van der Waals surface area contributed by atoms with Crippen molar-refractivity contribution in [3.8, 4) is 0 Å². The van der Waals surface area contributed by atoms with Gasteiger partial charge in [-0.3, -0.25) is 14.2 Å². The summed E-state index contributed by atoms with van der Waals surface area (Å²) in [6.45, 7) is 3.08. The van der Waals surface area contributed by atoms with E-state index in [1.54, 1.807) is 9.47 Å². The van der Waals surface area contributed by atoms with Gasteiger partial charge in [-0.25, -0.2) is 13.8 Å². The number of amides is 1. The molecule has 0 unspecified atom stereocenters. The van der Waals surface area contributed by atoms with Crippen molar-refractivity contribution in [2.75, 3.05) is 6.54 Å². The van der Waals surface area contributed by atoms with Crippen LogP contribution in [-0.2, 0) is 29.7 Å². The molecule has 0 saturated heterocycles. The summed E-state index contributed by atoms with van der Waals surface area (Å²) < 4.78 is 29.3. The molecular weight excluding hydrogens is 352 g/mol. The van der Waals surface area contributed by atoms with E-state index in [1.165, 1.54) is 18.5 Å². The first-order valence-electron chi connectivity index (χ1n) is 9.28. The highest BCUT2D eigenvalue weighted by atomic mass is 19.1. The summed E-state index contributed by atoms with van der Waals surface area (Å²) in [7, 11) is 0. The Hall–Kier alpha value is -2.57. The number of benzene rings is 1. The lowest BCUT2D eigenvalue weighted by molar-refractivity contribution is -0.142. The number of aromatic nitrogens is 2. The highest BCUT2D eigenvalue weighted by molar-refractivity contribution is 5.89. The minimum Gasteiger partial charge on any atom is -0.336 e. The van der Waals surface area contributed by atoms with Gasteiger partial charge in [0.25, 0.3) is 5.56 Å². The molecule has 1 saturated carbocycles. The maximum absolute atomic E-state index is 14.4. The van der Waals surface area contributed by atoms with Crippen molar-refractivity contribution in [2.24, 2.45) is 0 Å². The Morgan fingerprint density at radius 2 is 2.07 bits per heavy atom. The van der Waals surface area contributed by atoms with Crippen LogP contribution < -0.4 is 5.56 Å². The molecule has 5 nitrogen and oxygen atoms in total. The van der Waals surface area contributed by atoms with Gasteiger partial charge in [-0.05, 0) is 32.3 Å². The summed E-state index contributed by atoms with van der Waals surface area (Å²) >= 11 is 0. The Balaban J connectivity index is 1.65. The van der Waals surface area contributed by atoms with E-state index >= 15 is 0 Å². The van der Waals surface area contributed by atoms with Gasteiger partial charge in [0.1, 0.15) is 11.6 Å². The number of carbonyl (C=O) groups is 1. The second-order valence-electron chi connectivity index (χ2n) is 7.30. The number of nitrogens with zero attached hydrogens (tertiary/aromatic N) is 3. The quantitative estimate of drug-likeness (QED) is 0.831. The fourth-order valence-corrected chi connectivity index (χ4v) is 4.17. The van der Waals surface area contributed by atoms with Crippen LogP contribution >= 0.6 is 0 Å². The zero-order valence-electron chi connectivity index (χ0n) is 15.2. The molecule has 2 aromatic rings. The molecule has 7 heteroatoms. The predicted molar refractivity (Wildman–Crippen MR) is 95.2 cm³/mol. The molecule has 0 spiro atoms. The van der Waals surface area contributed by atoms with E-state index in [0.717, 1.165) is 12.5 Å². The maximum atomic E-state index is 14.4. The minimum atomic E-state index is -0.937. The largest absolute Gasteiger partial charge is 0.336 e. The van der Waals surface area contributed by atoms with Crippen molar-refractivity contribution in [2.45, 2.75) is 51.1 Å². The van der Waals surface area contributed by atoms with Gasteiger partial charge >= 0.3 is 0 Å². The number of rotatable bonds is 3. The second kappa shape index (κ2) is 6.55. The van der Waals surface area contributed by atoms with Crippen molar-refractivity contribution in [3.05, 3.63) is 63.3 Å². The fourth-order valence-electron chi connectivity index (χ4n) is 4.17. The molecule has 0 bridgehead atoms. The van der Waals surface area contributed by atoms with Crippen molar-refractivity contribution < 1.29 is 13.6 Å². The van der Waals surface area contributed by atoms with Crippen LogP contribution in [0.5, 0.6) is 0 Å². The van der Waals surface area contributed by atoms with Crippen molar-refractivity contribution >= 4 is 5.91 Å². The van der Waals surface area contributed by atoms with Crippen LogP contribution in [0.1, 0.15) is 43.0 Å². The lowest BCUT2D eigenvalue weighted by atomic mass is 9.63. The summed E-state index contributed by atoms with van der Waals surface area (Å²) in [6.07, 6.45) is 3.86. The highest BCUT2D eigenvalue weighted by Crippen LogP contribution is 2.46. The van der Waals surface area contributed by atoms with Crippen LogP contribution in [0.3, 0.4) is 0 Å². The molecule has 0 N–H and O–H groups in total. The predicted octanol–water partition coefficient (Wildman–Crippen LogP) is 2.55. The Morgan fingerprint density at radius 1 is 1.30 bits per heavy atom. The summed E-state index contributed by atoms with van der Waals surface area (Å²) in [6, 6.07) is 3.42. The first kappa shape index (κ1) is 17.8. The van der Waals surface area contributed by atoms with Crippen molar-refractivity contribution in [1.82, 2.24) is 14.5 Å². The highest BCUT2D eigenvalue weighted by Gasteiger charge is 2.49. The van der Waals surface area contributed by atoms with Crippen LogP contribution in [0.25, 0.3) is 0 Å². The van der Waals surface area contributed by atoms with Gasteiger partial charge in [0.05, 0.1) is 24.0 Å². The molecule has 0 atom stereocenters. The Labute approximate surface area is 155 Å². The zero-order chi connectivity index (χ0) is 19.2. The number of hydrogen-bond donors (Lipinski definition) is 0. The van der Waals surface area contributed by atoms with Crippen LogP contribution in [0.15, 0.2) is 29.3 Å². The molecule has 1 aliphatic heterocycles. The average Bonchev–Trinajstić information content (AvgIpc) is 2.62. The maximum Gasteiger partial charge on any atom is 0.256 e. The molecule has 1 fully saturated rings. The third-order valence-electron chi connectivity index (χ3n) is 5.88. The van der Waals surface area contributed by atoms with E-state index in [0.29, 0.717) is 43.6 Å². The fraction of sp³-hybridized carbons (Fsp3) is 0.450. The number of halogens is 2. The molecule has 1 aromatic heterocycles. The summed E-state index contributed by atoms with van der Waals surface area (Å²) in [4.78, 5) is 31.7. The number of aryl methyl sites for hydroxylation is 1. The first-order chi connectivity index (χ1) is 13.0. The van der Waals surface area contributed by atoms with Crippen LogP contribution in [0.4, 0.5) is 8.78 Å². The molecule has 1 aliphatic carbocycles. The number of hydrogen-bond acceptors (Lipinski definition) is 3. The van der Waals surface area contributed by atoms with Gasteiger partial charge in [0.2, 0.25) is 5.91 Å². The first-order valence-corrected chi connectivity index (χ1v) is 9.28. The van der Waals surface area contributed by atoms with Gasteiger partial charge in [-0.1, -0.05) is 12.5 Å². The Kier molecular flexibility index (Phi) is 4.32. The molecule has 1 aromatic carbocycles. The van der Waals surface area contributed by atoms with Gasteiger partial charge in [0.15, 0.2) is 0 Å². The van der Waals surface area contributed by atoms with E-state index in [-0.39, 0.29) is 23.6 Å². The normalized spacial score (nSPS) is 18.0. The number of carbonyl (C=O) groups excluding carboxylic acids is 1. The van der Waals surface area contributed by atoms with Crippen LogP contribution in [0.2, 0.25) is 0 Å². The zero-order valence-corrected chi connectivity index (χ0v) is 15.2. The van der Waals surface area contributed by atoms with Crippen molar-refractivity contribution in [3.63, 3.8) is 0 Å². The summed E-state index contributed by atoms with van der Waals surface area (Å²) in [5, 5.41) is 0. The monoisotopic (exact) mass is 373 g/mol. The Morgan fingerprint density at radius 3 is 2.70 bits per heavy atom. The van der Waals surface area contributed by atoms with Gasteiger partial charge in [-0.15, -0.1) is 0 Å². The third kappa shape index (κ3) is 2.76. The van der Waals surface area contributed by atoms with Crippen LogP contribution in [0, 0.1) is 11.6 Å². The van der Waals surface area contributed by atoms with E-state index in [9.17, 15) is 18.4 Å². The molecule has 2 aliphatic rings. The molecule has 142 valence electrons. The van der Waals surface area contributed by atoms with E-state index < -0.39 is 17.0 Å². The van der Waals surface area contributed by atoms with E-state index in [4.69, 9.17) is 0 Å². The topological polar surface area (TPSA) is 55.2 Å². The van der Waals surface area contributed by atoms with E-state index in [2.05, 4.69) is 4.98 Å². The summed E-state index contributed by atoms with van der Waals surface area (Å²) in [5.74, 6) is -1.49. The van der Waals surface area contributed by atoms with E-state index in [1.807, 2.05) is 6.92 Å². The van der Waals surface area contributed by atoms with Gasteiger partial charge in [0, 0.05) is 30.3 Å². The SMILES string of the molecule is CCn1cnc2c(c1=O)CCN(C(=O)C1(c3ccc(F)cc3F)CCC1)C2. The molecular formula is C20H21F2N3O2. The molecule has 0 radical (unpaired) electrons. The standard InChI is InChI=1S/C20H21F2N3O2/c1-2-24-12-23-17-11-25(9-6-14(17)18(24)26)19(27)20(7-3-8-20)15-5-4-13(21)10-16(15)22/h4-5,10,12H,2-3,6-9,11H2,1H3. The molecule has 1 amide bonds. The lowest BCUT2D eigenvalue weighted by Crippen LogP contribution is -2.53. The molecule has 27 heavy (non-hydrogen) atoms. The molecule has 2 heterocycles. The van der Waals surface area contributed by atoms with Gasteiger partial charge in [-0.2, -0.15) is 0 Å².